The van der Waals surface area contributed by atoms with Gasteiger partial charge in [-0.05, 0) is 12.1 Å². The van der Waals surface area contributed by atoms with Gasteiger partial charge in [-0.15, -0.1) is 0 Å². The van der Waals surface area contributed by atoms with Crippen LogP contribution in [0.2, 0.25) is 0 Å². The summed E-state index contributed by atoms with van der Waals surface area (Å²) in [5, 5.41) is 11.6. The third-order valence-electron chi connectivity index (χ3n) is 3.16. The van der Waals surface area contributed by atoms with Gasteiger partial charge in [-0.25, -0.2) is 4.98 Å². The van der Waals surface area contributed by atoms with Crippen LogP contribution in [-0.4, -0.2) is 24.0 Å². The predicted octanol–water partition coefficient (Wildman–Crippen LogP) is 2.42. The molecule has 1 aromatic carbocycles. The Kier molecular flexibility index (Phi) is 1.87. The van der Waals surface area contributed by atoms with Crippen LogP contribution in [0.4, 0.5) is 0 Å². The Morgan fingerprint density at radius 2 is 2.21 bits per heavy atom. The number of hydrogen-bond acceptors (Lipinski definition) is 6. The molecule has 96 valence electrons. The lowest BCUT2D eigenvalue weighted by atomic mass is 10.1. The normalized spacial score (nSPS) is 13.3. The van der Waals surface area contributed by atoms with Crippen molar-refractivity contribution >= 4 is 22.0 Å². The van der Waals surface area contributed by atoms with Gasteiger partial charge in [-0.2, -0.15) is 0 Å². The van der Waals surface area contributed by atoms with Crippen LogP contribution in [0.15, 0.2) is 22.8 Å². The largest absolute Gasteiger partial charge is 0.503 e. The summed E-state index contributed by atoms with van der Waals surface area (Å²) in [6.45, 7) is 0.0810. The molecule has 0 aliphatic carbocycles. The van der Waals surface area contributed by atoms with Gasteiger partial charge in [0.15, 0.2) is 11.5 Å². The van der Waals surface area contributed by atoms with Crippen LogP contribution in [-0.2, 0) is 0 Å². The minimum Gasteiger partial charge on any atom is -0.503 e. The fourth-order valence-electron chi connectivity index (χ4n) is 2.33. The van der Waals surface area contributed by atoms with Crippen LogP contribution in [0.25, 0.3) is 22.0 Å². The molecule has 0 fully saturated rings. The molecule has 6 heteroatoms. The molecule has 0 unspecified atom stereocenters. The maximum Gasteiger partial charge on any atom is 0.231 e. The van der Waals surface area contributed by atoms with Crippen LogP contribution < -0.4 is 14.2 Å². The first kappa shape index (κ1) is 10.3. The van der Waals surface area contributed by atoms with Crippen LogP contribution >= 0.6 is 0 Å². The zero-order chi connectivity index (χ0) is 13.0. The summed E-state index contributed by atoms with van der Waals surface area (Å²) >= 11 is 0. The third kappa shape index (κ3) is 1.22. The molecule has 1 aliphatic heterocycles. The van der Waals surface area contributed by atoms with Gasteiger partial charge in [0.2, 0.25) is 18.3 Å². The lowest BCUT2D eigenvalue weighted by Crippen LogP contribution is -1.93. The third-order valence-corrected chi connectivity index (χ3v) is 3.16. The number of nitrogens with zero attached hydrogens (tertiary/aromatic N) is 1. The first-order chi connectivity index (χ1) is 9.29. The molecule has 1 aliphatic rings. The maximum atomic E-state index is 10.2. The molecule has 4 rings (SSSR count). The summed E-state index contributed by atoms with van der Waals surface area (Å²) in [7, 11) is 1.56. The highest BCUT2D eigenvalue weighted by atomic mass is 16.7. The van der Waals surface area contributed by atoms with Gasteiger partial charge in [0, 0.05) is 0 Å². The molecule has 19 heavy (non-hydrogen) atoms. The zero-order valence-corrected chi connectivity index (χ0v) is 9.97. The number of aromatic hydroxyl groups is 1. The van der Waals surface area contributed by atoms with Crippen molar-refractivity contribution in [2.24, 2.45) is 0 Å². The van der Waals surface area contributed by atoms with Gasteiger partial charge in [0.25, 0.3) is 0 Å². The van der Waals surface area contributed by atoms with Crippen LogP contribution in [0, 0.1) is 0 Å². The van der Waals surface area contributed by atoms with Crippen LogP contribution in [0.1, 0.15) is 0 Å². The van der Waals surface area contributed by atoms with E-state index in [-0.39, 0.29) is 12.5 Å². The van der Waals surface area contributed by atoms with E-state index in [0.29, 0.717) is 33.9 Å². The monoisotopic (exact) mass is 259 g/mol. The van der Waals surface area contributed by atoms with Gasteiger partial charge in [-0.3, -0.25) is 0 Å². The highest BCUT2D eigenvalue weighted by molar-refractivity contribution is 6.03. The number of phenolic OH excluding ortho intramolecular Hbond substituents is 1. The van der Waals surface area contributed by atoms with Crippen LogP contribution in [0.3, 0.4) is 0 Å². The van der Waals surface area contributed by atoms with Crippen molar-refractivity contribution in [2.45, 2.75) is 0 Å². The number of aromatic nitrogens is 1. The van der Waals surface area contributed by atoms with Crippen molar-refractivity contribution in [3.8, 4) is 23.0 Å². The van der Waals surface area contributed by atoms with E-state index < -0.39 is 0 Å². The second kappa shape index (κ2) is 3.44. The number of pyridine rings is 1. The van der Waals surface area contributed by atoms with Crippen molar-refractivity contribution in [2.75, 3.05) is 13.9 Å². The minimum atomic E-state index is -0.0680. The van der Waals surface area contributed by atoms with E-state index >= 15 is 0 Å². The quantitative estimate of drug-likeness (QED) is 0.723. The first-order valence-electron chi connectivity index (χ1n) is 5.66. The van der Waals surface area contributed by atoms with Crippen molar-refractivity contribution in [3.63, 3.8) is 0 Å². The Hall–Kier alpha value is -2.63. The minimum absolute atomic E-state index is 0.0680. The number of methoxy groups -OCH3 is 1. The molecular formula is C13H9NO5. The molecule has 0 bridgehead atoms. The number of fused-ring (bicyclic) bond motifs is 3. The number of benzene rings is 1. The van der Waals surface area contributed by atoms with Crippen molar-refractivity contribution < 1.29 is 23.7 Å². The molecule has 2 aromatic heterocycles. The van der Waals surface area contributed by atoms with Gasteiger partial charge in [-0.1, -0.05) is 0 Å². The van der Waals surface area contributed by atoms with Crippen molar-refractivity contribution in [1.29, 1.82) is 0 Å². The van der Waals surface area contributed by atoms with Gasteiger partial charge in [0.1, 0.15) is 11.3 Å². The summed E-state index contributed by atoms with van der Waals surface area (Å²) in [6, 6.07) is 3.51. The average Bonchev–Trinajstić information content (AvgIpc) is 3.05. The van der Waals surface area contributed by atoms with E-state index in [0.717, 1.165) is 5.39 Å². The van der Waals surface area contributed by atoms with Gasteiger partial charge >= 0.3 is 0 Å². The lowest BCUT2D eigenvalue weighted by molar-refractivity contribution is 0.171. The molecule has 0 saturated heterocycles. The molecule has 3 aromatic rings. The van der Waals surface area contributed by atoms with E-state index in [2.05, 4.69) is 4.98 Å². The van der Waals surface area contributed by atoms with E-state index in [4.69, 9.17) is 18.6 Å². The van der Waals surface area contributed by atoms with Crippen molar-refractivity contribution in [3.05, 3.63) is 18.4 Å². The summed E-state index contributed by atoms with van der Waals surface area (Å²) < 4.78 is 21.2. The topological polar surface area (TPSA) is 74.0 Å². The molecule has 1 N–H and O–H groups in total. The maximum absolute atomic E-state index is 10.2. The van der Waals surface area contributed by atoms with Gasteiger partial charge < -0.3 is 23.7 Å². The van der Waals surface area contributed by atoms with E-state index in [1.54, 1.807) is 19.2 Å². The Labute approximate surface area is 107 Å². The Morgan fingerprint density at radius 1 is 1.32 bits per heavy atom. The van der Waals surface area contributed by atoms with Gasteiger partial charge in [0.05, 0.1) is 24.1 Å². The smallest absolute Gasteiger partial charge is 0.231 e. The molecule has 0 amide bonds. The highest BCUT2D eigenvalue weighted by Crippen LogP contribution is 2.48. The standard InChI is InChI=1S/C13H9NO5/c1-16-11-6-2-3-17-13(6)14-9-7(11)4-8-12(10(9)15)19-5-18-8/h2-4,15H,5H2,1H3. The Bertz CT molecular complexity index is 808. The first-order valence-corrected chi connectivity index (χ1v) is 5.66. The molecule has 0 spiro atoms. The Balaban J connectivity index is 2.23. The second-order valence-electron chi connectivity index (χ2n) is 4.14. The molecule has 0 radical (unpaired) electrons. The zero-order valence-electron chi connectivity index (χ0n) is 9.97. The SMILES string of the molecule is COc1c2ccoc2nc2c(O)c3c(cc12)OCO3. The van der Waals surface area contributed by atoms with E-state index in [1.807, 2.05) is 0 Å². The van der Waals surface area contributed by atoms with E-state index in [9.17, 15) is 5.11 Å². The summed E-state index contributed by atoms with van der Waals surface area (Å²) in [5.74, 6) is 1.30. The average molecular weight is 259 g/mol. The second-order valence-corrected chi connectivity index (χ2v) is 4.14. The predicted molar refractivity (Wildman–Crippen MR) is 65.9 cm³/mol. The Morgan fingerprint density at radius 3 is 3.05 bits per heavy atom. The molecule has 3 heterocycles. The number of phenols is 1. The van der Waals surface area contributed by atoms with Crippen LogP contribution in [0.5, 0.6) is 23.0 Å². The number of furan rings is 1. The molecule has 6 nitrogen and oxygen atoms in total. The van der Waals surface area contributed by atoms with E-state index in [1.165, 1.54) is 6.26 Å². The fourth-order valence-corrected chi connectivity index (χ4v) is 2.33. The number of hydrogen-bond donors (Lipinski definition) is 1. The number of rotatable bonds is 1. The fraction of sp³-hybridized carbons (Fsp3) is 0.154. The summed E-state index contributed by atoms with van der Waals surface area (Å²) in [6.07, 6.45) is 1.52. The summed E-state index contributed by atoms with van der Waals surface area (Å²) in [4.78, 5) is 4.29. The number of ether oxygens (including phenoxy) is 3. The molecular weight excluding hydrogens is 250 g/mol. The molecule has 0 atom stereocenters. The highest BCUT2D eigenvalue weighted by Gasteiger charge is 2.24. The molecule has 0 saturated carbocycles. The van der Waals surface area contributed by atoms with Crippen molar-refractivity contribution in [1.82, 2.24) is 4.98 Å². The summed E-state index contributed by atoms with van der Waals surface area (Å²) in [5.41, 5.74) is 0.766. The lowest BCUT2D eigenvalue weighted by Gasteiger charge is -2.09.